The Labute approximate surface area is 128 Å². The molecule has 0 aliphatic rings. The van der Waals surface area contributed by atoms with Crippen LogP contribution in [0.2, 0.25) is 0 Å². The van der Waals surface area contributed by atoms with Gasteiger partial charge in [0.05, 0.1) is 30.0 Å². The Bertz CT molecular complexity index is 466. The van der Waals surface area contributed by atoms with Crippen molar-refractivity contribution in [3.8, 4) is 11.8 Å². The number of aromatic nitrogens is 1. The number of rotatable bonds is 7. The first-order valence-electron chi connectivity index (χ1n) is 7.46. The molecule has 0 radical (unpaired) electrons. The summed E-state index contributed by atoms with van der Waals surface area (Å²) in [4.78, 5) is 4.39. The fourth-order valence-electron chi connectivity index (χ4n) is 1.72. The highest BCUT2D eigenvalue weighted by atomic mass is 16.5. The van der Waals surface area contributed by atoms with Gasteiger partial charge in [0, 0.05) is 12.1 Å². The van der Waals surface area contributed by atoms with Gasteiger partial charge >= 0.3 is 0 Å². The number of hydrogen-bond acceptors (Lipinski definition) is 4. The summed E-state index contributed by atoms with van der Waals surface area (Å²) in [5.41, 5.74) is 0.817. The second-order valence-corrected chi connectivity index (χ2v) is 7.04. The Morgan fingerprint density at radius 1 is 1.24 bits per heavy atom. The second-order valence-electron chi connectivity index (χ2n) is 7.04. The average Bonchev–Trinajstić information content (AvgIpc) is 2.42. The first-order chi connectivity index (χ1) is 9.72. The lowest BCUT2D eigenvalue weighted by Gasteiger charge is -2.20. The van der Waals surface area contributed by atoms with Gasteiger partial charge < -0.3 is 10.1 Å². The standard InChI is InChI=1S/C17H27N3O/c1-16(2,3)20-11-14-7-8-15(12-19-14)21-10-6-9-17(4,5)13-18/h7-8,12,20H,6,9-11H2,1-5H3. The highest BCUT2D eigenvalue weighted by Crippen LogP contribution is 2.20. The van der Waals surface area contributed by atoms with Crippen molar-refractivity contribution >= 4 is 0 Å². The molecule has 0 spiro atoms. The Kier molecular flexibility index (Phi) is 6.17. The third-order valence-electron chi connectivity index (χ3n) is 3.11. The summed E-state index contributed by atoms with van der Waals surface area (Å²) in [6.07, 6.45) is 3.47. The fraction of sp³-hybridized carbons (Fsp3) is 0.647. The number of nitriles is 1. The lowest BCUT2D eigenvalue weighted by molar-refractivity contribution is 0.283. The molecule has 1 N–H and O–H groups in total. The van der Waals surface area contributed by atoms with Gasteiger partial charge in [0.15, 0.2) is 0 Å². The van der Waals surface area contributed by atoms with Crippen LogP contribution in [0.1, 0.15) is 53.2 Å². The van der Waals surface area contributed by atoms with Crippen molar-refractivity contribution in [2.24, 2.45) is 5.41 Å². The summed E-state index contributed by atoms with van der Waals surface area (Å²) >= 11 is 0. The normalized spacial score (nSPS) is 12.0. The molecule has 1 rings (SSSR count). The molecule has 4 nitrogen and oxygen atoms in total. The van der Waals surface area contributed by atoms with Crippen LogP contribution in [-0.2, 0) is 6.54 Å². The van der Waals surface area contributed by atoms with E-state index in [0.29, 0.717) is 6.61 Å². The van der Waals surface area contributed by atoms with E-state index in [1.807, 2.05) is 26.0 Å². The molecule has 0 bridgehead atoms. The molecule has 0 saturated heterocycles. The fourth-order valence-corrected chi connectivity index (χ4v) is 1.72. The number of nitrogens with zero attached hydrogens (tertiary/aromatic N) is 2. The van der Waals surface area contributed by atoms with Gasteiger partial charge in [-0.05, 0) is 59.6 Å². The molecule has 21 heavy (non-hydrogen) atoms. The van der Waals surface area contributed by atoms with Crippen LogP contribution in [0.3, 0.4) is 0 Å². The van der Waals surface area contributed by atoms with Crippen molar-refractivity contribution in [3.05, 3.63) is 24.0 Å². The van der Waals surface area contributed by atoms with E-state index in [-0.39, 0.29) is 11.0 Å². The summed E-state index contributed by atoms with van der Waals surface area (Å²) in [5, 5.41) is 12.3. The molecule has 1 heterocycles. The third kappa shape index (κ3) is 7.67. The summed E-state index contributed by atoms with van der Waals surface area (Å²) in [6.45, 7) is 11.7. The van der Waals surface area contributed by atoms with Crippen molar-refractivity contribution in [1.29, 1.82) is 5.26 Å². The molecular weight excluding hydrogens is 262 g/mol. The molecule has 0 unspecified atom stereocenters. The molecule has 116 valence electrons. The van der Waals surface area contributed by atoms with E-state index in [0.717, 1.165) is 30.8 Å². The van der Waals surface area contributed by atoms with Crippen molar-refractivity contribution in [3.63, 3.8) is 0 Å². The lowest BCUT2D eigenvalue weighted by atomic mass is 9.90. The second kappa shape index (κ2) is 7.42. The van der Waals surface area contributed by atoms with Gasteiger partial charge in [0.2, 0.25) is 0 Å². The molecule has 1 aromatic rings. The first-order valence-corrected chi connectivity index (χ1v) is 7.46. The summed E-state index contributed by atoms with van der Waals surface area (Å²) < 4.78 is 5.65. The van der Waals surface area contributed by atoms with E-state index in [1.165, 1.54) is 0 Å². The largest absolute Gasteiger partial charge is 0.492 e. The van der Waals surface area contributed by atoms with E-state index in [2.05, 4.69) is 37.1 Å². The van der Waals surface area contributed by atoms with Gasteiger partial charge in [-0.3, -0.25) is 4.98 Å². The molecule has 0 aromatic carbocycles. The average molecular weight is 289 g/mol. The van der Waals surface area contributed by atoms with Crippen molar-refractivity contribution in [2.75, 3.05) is 6.61 Å². The van der Waals surface area contributed by atoms with Crippen molar-refractivity contribution < 1.29 is 4.74 Å². The zero-order chi connectivity index (χ0) is 15.9. The third-order valence-corrected chi connectivity index (χ3v) is 3.11. The van der Waals surface area contributed by atoms with E-state index in [9.17, 15) is 0 Å². The van der Waals surface area contributed by atoms with Crippen LogP contribution in [0.15, 0.2) is 18.3 Å². The number of hydrogen-bond donors (Lipinski definition) is 1. The summed E-state index contributed by atoms with van der Waals surface area (Å²) in [5.74, 6) is 0.782. The van der Waals surface area contributed by atoms with E-state index >= 15 is 0 Å². The molecule has 1 aromatic heterocycles. The van der Waals surface area contributed by atoms with Gasteiger partial charge in [-0.25, -0.2) is 0 Å². The van der Waals surface area contributed by atoms with Crippen LogP contribution < -0.4 is 10.1 Å². The summed E-state index contributed by atoms with van der Waals surface area (Å²) in [6, 6.07) is 6.22. The smallest absolute Gasteiger partial charge is 0.137 e. The Hall–Kier alpha value is -1.60. The van der Waals surface area contributed by atoms with E-state index in [4.69, 9.17) is 10.00 Å². The molecule has 0 aliphatic carbocycles. The maximum absolute atomic E-state index is 8.94. The van der Waals surface area contributed by atoms with Gasteiger partial charge in [0.1, 0.15) is 5.75 Å². The number of nitrogens with one attached hydrogen (secondary N) is 1. The maximum atomic E-state index is 8.94. The summed E-state index contributed by atoms with van der Waals surface area (Å²) in [7, 11) is 0. The van der Waals surface area contributed by atoms with Crippen LogP contribution >= 0.6 is 0 Å². The monoisotopic (exact) mass is 289 g/mol. The minimum absolute atomic E-state index is 0.0877. The molecule has 0 amide bonds. The maximum Gasteiger partial charge on any atom is 0.137 e. The predicted molar refractivity (Wildman–Crippen MR) is 85.0 cm³/mol. The predicted octanol–water partition coefficient (Wildman–Crippen LogP) is 3.68. The molecule has 0 atom stereocenters. The van der Waals surface area contributed by atoms with Gasteiger partial charge in [-0.2, -0.15) is 5.26 Å². The van der Waals surface area contributed by atoms with Crippen molar-refractivity contribution in [2.45, 2.75) is 59.5 Å². The van der Waals surface area contributed by atoms with Crippen molar-refractivity contribution in [1.82, 2.24) is 10.3 Å². The lowest BCUT2D eigenvalue weighted by Crippen LogP contribution is -2.35. The number of ether oxygens (including phenoxy) is 1. The Morgan fingerprint density at radius 3 is 2.48 bits per heavy atom. The SMILES string of the molecule is CC(C)(C#N)CCCOc1ccc(CNC(C)(C)C)nc1. The molecular formula is C17H27N3O. The van der Waals surface area contributed by atoms with Crippen LogP contribution in [0, 0.1) is 16.7 Å². The number of pyridine rings is 1. The minimum atomic E-state index is -0.274. The molecule has 0 fully saturated rings. The zero-order valence-electron chi connectivity index (χ0n) is 13.9. The van der Waals surface area contributed by atoms with Gasteiger partial charge in [-0.15, -0.1) is 0 Å². The highest BCUT2D eigenvalue weighted by molar-refractivity contribution is 5.19. The first kappa shape index (κ1) is 17.5. The van der Waals surface area contributed by atoms with E-state index < -0.39 is 0 Å². The van der Waals surface area contributed by atoms with Gasteiger partial charge in [0.25, 0.3) is 0 Å². The van der Waals surface area contributed by atoms with E-state index in [1.54, 1.807) is 6.20 Å². The Balaban J connectivity index is 2.33. The highest BCUT2D eigenvalue weighted by Gasteiger charge is 2.15. The quantitative estimate of drug-likeness (QED) is 0.778. The van der Waals surface area contributed by atoms with Crippen LogP contribution in [-0.4, -0.2) is 17.1 Å². The van der Waals surface area contributed by atoms with Crippen LogP contribution in [0.25, 0.3) is 0 Å². The Morgan fingerprint density at radius 2 is 1.95 bits per heavy atom. The van der Waals surface area contributed by atoms with Crippen LogP contribution in [0.4, 0.5) is 0 Å². The molecule has 0 aliphatic heterocycles. The van der Waals surface area contributed by atoms with Gasteiger partial charge in [-0.1, -0.05) is 0 Å². The zero-order valence-corrected chi connectivity index (χ0v) is 13.9. The molecule has 4 heteroatoms. The minimum Gasteiger partial charge on any atom is -0.492 e. The van der Waals surface area contributed by atoms with Crippen LogP contribution in [0.5, 0.6) is 5.75 Å². The molecule has 0 saturated carbocycles. The topological polar surface area (TPSA) is 57.9 Å².